The van der Waals surface area contributed by atoms with E-state index in [0.29, 0.717) is 5.75 Å². The molecule has 0 unspecified atom stereocenters. The zero-order valence-corrected chi connectivity index (χ0v) is 24.0. The number of rotatable bonds is 8. The largest absolute Gasteiger partial charge is 0.482 e. The highest BCUT2D eigenvalue weighted by Crippen LogP contribution is 2.40. The van der Waals surface area contributed by atoms with E-state index in [9.17, 15) is 4.79 Å². The summed E-state index contributed by atoms with van der Waals surface area (Å²) in [5.41, 5.74) is 9.10. The molecule has 0 spiro atoms. The molecule has 0 fully saturated rings. The number of nitrogens with one attached hydrogen (secondary N) is 1. The smallest absolute Gasteiger partial charge is 0.277 e. The van der Waals surface area contributed by atoms with Crippen LogP contribution in [0.25, 0.3) is 10.9 Å². The zero-order valence-electron chi connectivity index (χ0n) is 20.8. The molecule has 0 aliphatic heterocycles. The molecule has 0 bridgehead atoms. The average Bonchev–Trinajstić information content (AvgIpc) is 3.13. The normalized spacial score (nSPS) is 11.5. The van der Waals surface area contributed by atoms with E-state index in [2.05, 4.69) is 104 Å². The molecule has 7 heteroatoms. The minimum Gasteiger partial charge on any atom is -0.482 e. The highest BCUT2D eigenvalue weighted by molar-refractivity contribution is 9.11. The lowest BCUT2D eigenvalue weighted by Crippen LogP contribution is -2.25. The number of hydrogen-bond donors (Lipinski definition) is 1. The molecule has 4 aromatic rings. The van der Waals surface area contributed by atoms with E-state index < -0.39 is 0 Å². The first-order chi connectivity index (χ1) is 17.3. The Hall–Kier alpha value is -2.90. The van der Waals surface area contributed by atoms with Crippen LogP contribution in [0, 0.1) is 13.8 Å². The van der Waals surface area contributed by atoms with E-state index in [0.717, 1.165) is 48.8 Å². The minimum absolute atomic E-state index is 0.133. The van der Waals surface area contributed by atoms with Gasteiger partial charge in [0.25, 0.3) is 5.91 Å². The highest BCUT2D eigenvalue weighted by Gasteiger charge is 2.18. The van der Waals surface area contributed by atoms with Crippen LogP contribution < -0.4 is 10.2 Å². The van der Waals surface area contributed by atoms with Crippen LogP contribution in [0.15, 0.2) is 74.7 Å². The Kier molecular flexibility index (Phi) is 8.32. The Morgan fingerprint density at radius 2 is 1.78 bits per heavy atom. The third-order valence-corrected chi connectivity index (χ3v) is 8.03. The van der Waals surface area contributed by atoms with Gasteiger partial charge in [-0.05, 0) is 64.5 Å². The van der Waals surface area contributed by atoms with E-state index in [-0.39, 0.29) is 18.4 Å². The van der Waals surface area contributed by atoms with Crippen molar-refractivity contribution in [1.29, 1.82) is 0 Å². The number of benzene rings is 3. The van der Waals surface area contributed by atoms with Crippen LogP contribution in [-0.2, 0) is 11.3 Å². The number of hydrogen-bond acceptors (Lipinski definition) is 3. The summed E-state index contributed by atoms with van der Waals surface area (Å²) < 4.78 is 10.1. The van der Waals surface area contributed by atoms with Crippen molar-refractivity contribution >= 4 is 54.9 Å². The number of amides is 1. The third-order valence-electron chi connectivity index (χ3n) is 6.25. The summed E-state index contributed by atoms with van der Waals surface area (Å²) in [6.45, 7) is 8.89. The minimum atomic E-state index is -0.320. The molecular formula is C29H29Br2N3O2. The van der Waals surface area contributed by atoms with Gasteiger partial charge in [-0.3, -0.25) is 4.79 Å². The summed E-state index contributed by atoms with van der Waals surface area (Å²) in [6.07, 6.45) is 1.72. The second-order valence-electron chi connectivity index (χ2n) is 9.04. The number of aromatic nitrogens is 1. The summed E-state index contributed by atoms with van der Waals surface area (Å²) in [6, 6.07) is 20.7. The third kappa shape index (κ3) is 5.57. The first-order valence-corrected chi connectivity index (χ1v) is 13.4. The van der Waals surface area contributed by atoms with E-state index in [4.69, 9.17) is 4.74 Å². The van der Waals surface area contributed by atoms with Crippen LogP contribution in [0.3, 0.4) is 0 Å². The van der Waals surface area contributed by atoms with Crippen molar-refractivity contribution in [3.8, 4) is 5.75 Å². The molecule has 0 saturated heterocycles. The molecule has 36 heavy (non-hydrogen) atoms. The SMILES string of the molecule is Cc1c(Br)cc(C(C)C)c(OCC(=O)NN=Cc2c(C)n(Cc3ccccc3)c3ccccc23)c1Br. The van der Waals surface area contributed by atoms with Gasteiger partial charge in [0.05, 0.1) is 10.7 Å². The van der Waals surface area contributed by atoms with Gasteiger partial charge < -0.3 is 9.30 Å². The Labute approximate surface area is 228 Å². The summed E-state index contributed by atoms with van der Waals surface area (Å²) in [5.74, 6) is 0.606. The molecule has 0 atom stereocenters. The van der Waals surface area contributed by atoms with Crippen LogP contribution in [-0.4, -0.2) is 23.3 Å². The van der Waals surface area contributed by atoms with Gasteiger partial charge in [0.1, 0.15) is 5.75 Å². The maximum absolute atomic E-state index is 12.6. The molecule has 0 radical (unpaired) electrons. The van der Waals surface area contributed by atoms with Gasteiger partial charge in [-0.25, -0.2) is 5.43 Å². The van der Waals surface area contributed by atoms with Gasteiger partial charge in [0.15, 0.2) is 6.61 Å². The van der Waals surface area contributed by atoms with E-state index >= 15 is 0 Å². The standard InChI is InChI=1S/C29H29Br2N3O2/c1-18(2)23-14-25(30)19(3)28(31)29(23)36-17-27(35)33-32-15-24-20(4)34(16-21-10-6-5-7-11-21)26-13-9-8-12-22(24)26/h5-15,18H,16-17H2,1-4H3,(H,33,35). The van der Waals surface area contributed by atoms with Crippen LogP contribution in [0.5, 0.6) is 5.75 Å². The fourth-order valence-corrected chi connectivity index (χ4v) is 5.48. The molecule has 1 N–H and O–H groups in total. The predicted molar refractivity (Wildman–Crippen MR) is 154 cm³/mol. The van der Waals surface area contributed by atoms with Gasteiger partial charge in [-0.15, -0.1) is 0 Å². The molecule has 0 aliphatic rings. The Balaban J connectivity index is 1.50. The Morgan fingerprint density at radius 3 is 2.50 bits per heavy atom. The van der Waals surface area contributed by atoms with Gasteiger partial charge in [-0.2, -0.15) is 5.10 Å². The van der Waals surface area contributed by atoms with Crippen LogP contribution in [0.2, 0.25) is 0 Å². The number of carbonyl (C=O) groups excluding carboxylic acids is 1. The number of carbonyl (C=O) groups is 1. The summed E-state index contributed by atoms with van der Waals surface area (Å²) in [7, 11) is 0. The summed E-state index contributed by atoms with van der Waals surface area (Å²) in [5, 5.41) is 5.35. The number of hydrazone groups is 1. The molecule has 5 nitrogen and oxygen atoms in total. The van der Waals surface area contributed by atoms with E-state index in [1.165, 1.54) is 5.56 Å². The van der Waals surface area contributed by atoms with Gasteiger partial charge in [0, 0.05) is 33.2 Å². The molecule has 3 aromatic carbocycles. The lowest BCUT2D eigenvalue weighted by atomic mass is 10.0. The lowest BCUT2D eigenvalue weighted by molar-refractivity contribution is -0.123. The summed E-state index contributed by atoms with van der Waals surface area (Å²) in [4.78, 5) is 12.6. The van der Waals surface area contributed by atoms with Crippen molar-refractivity contribution in [2.75, 3.05) is 6.61 Å². The fourth-order valence-electron chi connectivity index (χ4n) is 4.22. The van der Waals surface area contributed by atoms with Crippen molar-refractivity contribution in [1.82, 2.24) is 9.99 Å². The number of fused-ring (bicyclic) bond motifs is 1. The van der Waals surface area contributed by atoms with Gasteiger partial charge in [0.2, 0.25) is 0 Å². The van der Waals surface area contributed by atoms with E-state index in [1.54, 1.807) is 6.21 Å². The Morgan fingerprint density at radius 1 is 1.08 bits per heavy atom. The van der Waals surface area contributed by atoms with Crippen molar-refractivity contribution in [2.45, 2.75) is 40.2 Å². The van der Waals surface area contributed by atoms with Crippen molar-refractivity contribution in [3.05, 3.63) is 97.6 Å². The van der Waals surface area contributed by atoms with Crippen molar-refractivity contribution < 1.29 is 9.53 Å². The van der Waals surface area contributed by atoms with Crippen LogP contribution in [0.1, 0.15) is 47.7 Å². The second kappa shape index (κ2) is 11.4. The topological polar surface area (TPSA) is 55.6 Å². The Bertz CT molecular complexity index is 1430. The predicted octanol–water partition coefficient (Wildman–Crippen LogP) is 7.48. The van der Waals surface area contributed by atoms with Gasteiger partial charge >= 0.3 is 0 Å². The number of halogens is 2. The fraction of sp³-hybridized carbons (Fsp3) is 0.241. The van der Waals surface area contributed by atoms with Crippen molar-refractivity contribution in [3.63, 3.8) is 0 Å². The molecule has 1 aromatic heterocycles. The first-order valence-electron chi connectivity index (χ1n) is 11.8. The van der Waals surface area contributed by atoms with Crippen molar-refractivity contribution in [2.24, 2.45) is 5.10 Å². The first kappa shape index (κ1) is 26.2. The maximum Gasteiger partial charge on any atom is 0.277 e. The number of ether oxygens (including phenoxy) is 1. The number of para-hydroxylation sites is 1. The molecular weight excluding hydrogens is 582 g/mol. The molecule has 186 valence electrons. The molecule has 0 saturated carbocycles. The van der Waals surface area contributed by atoms with Crippen LogP contribution >= 0.6 is 31.9 Å². The van der Waals surface area contributed by atoms with E-state index in [1.807, 2.05) is 31.2 Å². The molecule has 1 amide bonds. The molecule has 4 rings (SSSR count). The van der Waals surface area contributed by atoms with Crippen LogP contribution in [0.4, 0.5) is 0 Å². The second-order valence-corrected chi connectivity index (χ2v) is 10.7. The monoisotopic (exact) mass is 609 g/mol. The van der Waals surface area contributed by atoms with Gasteiger partial charge in [-0.1, -0.05) is 78.3 Å². The summed E-state index contributed by atoms with van der Waals surface area (Å²) >= 11 is 7.21. The molecule has 0 aliphatic carbocycles. The maximum atomic E-state index is 12.6. The molecule has 1 heterocycles. The quantitative estimate of drug-likeness (QED) is 0.166. The highest BCUT2D eigenvalue weighted by atomic mass is 79.9. The zero-order chi connectivity index (χ0) is 25.8. The average molecular weight is 611 g/mol. The lowest BCUT2D eigenvalue weighted by Gasteiger charge is -2.18. The number of nitrogens with zero attached hydrogens (tertiary/aromatic N) is 2.